The Balaban J connectivity index is 1.67. The third kappa shape index (κ3) is 6.21. The highest BCUT2D eigenvalue weighted by atomic mass is 35.5. The maximum absolute atomic E-state index is 6.41. The maximum atomic E-state index is 6.41. The van der Waals surface area contributed by atoms with Crippen LogP contribution in [0.3, 0.4) is 0 Å². The van der Waals surface area contributed by atoms with Crippen molar-refractivity contribution < 1.29 is 9.47 Å². The molecule has 0 bridgehead atoms. The van der Waals surface area contributed by atoms with Crippen LogP contribution < -0.4 is 14.8 Å². The quantitative estimate of drug-likeness (QED) is 0.403. The summed E-state index contributed by atoms with van der Waals surface area (Å²) in [6, 6.07) is 22.4. The van der Waals surface area contributed by atoms with Crippen molar-refractivity contribution in [3.8, 4) is 11.5 Å². The fraction of sp³-hybridized carbons (Fsp3) is 0.333. The van der Waals surface area contributed by atoms with E-state index < -0.39 is 0 Å². The average molecular weight is 485 g/mol. The van der Waals surface area contributed by atoms with Crippen molar-refractivity contribution in [2.24, 2.45) is 0 Å². The van der Waals surface area contributed by atoms with E-state index in [9.17, 15) is 0 Å². The average Bonchev–Trinajstić information content (AvgIpc) is 3.11. The highest BCUT2D eigenvalue weighted by Gasteiger charge is 2.25. The van der Waals surface area contributed by atoms with Gasteiger partial charge in [-0.2, -0.15) is 0 Å². The Morgan fingerprint density at radius 2 is 1.64 bits per heavy atom. The second-order valence-corrected chi connectivity index (χ2v) is 8.94. The third-order valence-electron chi connectivity index (χ3n) is 5.82. The van der Waals surface area contributed by atoms with Gasteiger partial charge in [0.05, 0.1) is 22.7 Å². The van der Waals surface area contributed by atoms with Crippen molar-refractivity contribution in [3.05, 3.63) is 93.5 Å². The number of hydrogen-bond donors (Lipinski definition) is 1. The van der Waals surface area contributed by atoms with Crippen LogP contribution in [0.25, 0.3) is 0 Å². The Kier molecular flexibility index (Phi) is 8.51. The molecule has 4 rings (SSSR count). The monoisotopic (exact) mass is 484 g/mol. The Morgan fingerprint density at radius 1 is 0.848 bits per heavy atom. The fourth-order valence-corrected chi connectivity index (χ4v) is 4.55. The highest BCUT2D eigenvalue weighted by Crippen LogP contribution is 2.37. The van der Waals surface area contributed by atoms with Crippen LogP contribution in [-0.4, -0.2) is 37.7 Å². The normalized spacial score (nSPS) is 15.6. The Morgan fingerprint density at radius 3 is 2.42 bits per heavy atom. The summed E-state index contributed by atoms with van der Waals surface area (Å²) in [5.41, 5.74) is 3.38. The number of ether oxygens (including phenoxy) is 2. The van der Waals surface area contributed by atoms with E-state index in [2.05, 4.69) is 40.5 Å². The van der Waals surface area contributed by atoms with Gasteiger partial charge in [-0.25, -0.2) is 0 Å². The molecule has 0 radical (unpaired) electrons. The molecular formula is C27H30Cl2N2O2. The SMILES string of the molecule is CCOc1cc(C(c2ccc(Cl)c(Cl)c2)N2CCCNCC2)ccc1OCc1ccccc1. The first-order valence-electron chi connectivity index (χ1n) is 11.5. The molecule has 4 nitrogen and oxygen atoms in total. The standard InChI is InChI=1S/C27H30Cl2N2O2/c1-2-32-26-18-22(10-12-25(26)33-19-20-7-4-3-5-8-20)27(31-15-6-13-30-14-16-31)21-9-11-23(28)24(29)17-21/h3-5,7-12,17-18,27,30H,2,6,13-16,19H2,1H3. The van der Waals surface area contributed by atoms with Gasteiger partial charge in [0.15, 0.2) is 11.5 Å². The van der Waals surface area contributed by atoms with Gasteiger partial charge in [-0.1, -0.05) is 65.7 Å². The summed E-state index contributed by atoms with van der Waals surface area (Å²) in [5.74, 6) is 1.50. The van der Waals surface area contributed by atoms with Gasteiger partial charge in [0.1, 0.15) is 6.61 Å². The summed E-state index contributed by atoms with van der Waals surface area (Å²) >= 11 is 12.6. The molecule has 0 amide bonds. The highest BCUT2D eigenvalue weighted by molar-refractivity contribution is 6.42. The Bertz CT molecular complexity index is 1040. The van der Waals surface area contributed by atoms with E-state index in [1.54, 1.807) is 0 Å². The summed E-state index contributed by atoms with van der Waals surface area (Å²) in [6.45, 7) is 6.97. The molecule has 0 aromatic heterocycles. The summed E-state index contributed by atoms with van der Waals surface area (Å²) in [6.07, 6.45) is 1.09. The molecule has 0 saturated carbocycles. The zero-order valence-corrected chi connectivity index (χ0v) is 20.4. The van der Waals surface area contributed by atoms with E-state index in [0.717, 1.165) is 60.8 Å². The van der Waals surface area contributed by atoms with Crippen molar-refractivity contribution in [1.82, 2.24) is 10.2 Å². The predicted molar refractivity (Wildman–Crippen MR) is 136 cm³/mol. The molecule has 1 aliphatic rings. The minimum Gasteiger partial charge on any atom is -0.490 e. The molecule has 1 fully saturated rings. The first-order valence-corrected chi connectivity index (χ1v) is 12.2. The second kappa shape index (κ2) is 11.8. The number of benzene rings is 3. The van der Waals surface area contributed by atoms with Crippen LogP contribution >= 0.6 is 23.2 Å². The first-order chi connectivity index (χ1) is 16.2. The molecule has 1 unspecified atom stereocenters. The van der Waals surface area contributed by atoms with Gasteiger partial charge in [0, 0.05) is 19.6 Å². The summed E-state index contributed by atoms with van der Waals surface area (Å²) in [4.78, 5) is 2.50. The van der Waals surface area contributed by atoms with Gasteiger partial charge in [-0.3, -0.25) is 4.90 Å². The van der Waals surface area contributed by atoms with Crippen molar-refractivity contribution in [3.63, 3.8) is 0 Å². The van der Waals surface area contributed by atoms with Crippen molar-refractivity contribution in [2.45, 2.75) is 26.0 Å². The molecule has 1 heterocycles. The van der Waals surface area contributed by atoms with Gasteiger partial charge in [0.25, 0.3) is 0 Å². The molecule has 3 aromatic carbocycles. The van der Waals surface area contributed by atoms with E-state index in [1.807, 2.05) is 43.3 Å². The molecule has 174 valence electrons. The van der Waals surface area contributed by atoms with E-state index in [1.165, 1.54) is 0 Å². The molecule has 3 aromatic rings. The smallest absolute Gasteiger partial charge is 0.161 e. The number of halogens is 2. The first kappa shape index (κ1) is 23.9. The fourth-order valence-electron chi connectivity index (χ4n) is 4.24. The molecule has 1 N–H and O–H groups in total. The van der Waals surface area contributed by atoms with Crippen molar-refractivity contribution in [1.29, 1.82) is 0 Å². The minimum atomic E-state index is 0.0436. The zero-order chi connectivity index (χ0) is 23.0. The predicted octanol–water partition coefficient (Wildman–Crippen LogP) is 6.36. The van der Waals surface area contributed by atoms with Crippen LogP contribution in [0.1, 0.15) is 36.1 Å². The van der Waals surface area contributed by atoms with Crippen LogP contribution in [0.2, 0.25) is 10.0 Å². The van der Waals surface area contributed by atoms with Gasteiger partial charge in [0.2, 0.25) is 0 Å². The lowest BCUT2D eigenvalue weighted by atomic mass is 9.96. The second-order valence-electron chi connectivity index (χ2n) is 8.13. The zero-order valence-electron chi connectivity index (χ0n) is 18.9. The lowest BCUT2D eigenvalue weighted by Crippen LogP contribution is -2.33. The Hall–Kier alpha value is -2.24. The number of nitrogens with zero attached hydrogens (tertiary/aromatic N) is 1. The largest absolute Gasteiger partial charge is 0.490 e. The summed E-state index contributed by atoms with van der Waals surface area (Å²) in [5, 5.41) is 4.63. The molecule has 1 saturated heterocycles. The van der Waals surface area contributed by atoms with Crippen LogP contribution in [0.4, 0.5) is 0 Å². The molecule has 33 heavy (non-hydrogen) atoms. The van der Waals surface area contributed by atoms with Crippen LogP contribution in [0, 0.1) is 0 Å². The number of nitrogens with one attached hydrogen (secondary N) is 1. The van der Waals surface area contributed by atoms with Crippen LogP contribution in [-0.2, 0) is 6.61 Å². The van der Waals surface area contributed by atoms with Gasteiger partial charge in [-0.15, -0.1) is 0 Å². The molecular weight excluding hydrogens is 455 g/mol. The van der Waals surface area contributed by atoms with Gasteiger partial charge >= 0.3 is 0 Å². The maximum Gasteiger partial charge on any atom is 0.161 e. The van der Waals surface area contributed by atoms with Crippen molar-refractivity contribution >= 4 is 23.2 Å². The lowest BCUT2D eigenvalue weighted by Gasteiger charge is -2.32. The third-order valence-corrected chi connectivity index (χ3v) is 6.56. The minimum absolute atomic E-state index is 0.0436. The van der Waals surface area contributed by atoms with Crippen LogP contribution in [0.5, 0.6) is 11.5 Å². The number of hydrogen-bond acceptors (Lipinski definition) is 4. The molecule has 1 aliphatic heterocycles. The van der Waals surface area contributed by atoms with E-state index in [-0.39, 0.29) is 6.04 Å². The number of rotatable bonds is 8. The molecule has 1 atom stereocenters. The lowest BCUT2D eigenvalue weighted by molar-refractivity contribution is 0.238. The van der Waals surface area contributed by atoms with E-state index in [4.69, 9.17) is 32.7 Å². The Labute approximate surface area is 206 Å². The molecule has 0 aliphatic carbocycles. The van der Waals surface area contributed by atoms with E-state index >= 15 is 0 Å². The molecule has 0 spiro atoms. The van der Waals surface area contributed by atoms with Crippen LogP contribution in [0.15, 0.2) is 66.7 Å². The van der Waals surface area contributed by atoms with Gasteiger partial charge in [-0.05, 0) is 60.8 Å². The summed E-state index contributed by atoms with van der Waals surface area (Å²) in [7, 11) is 0. The van der Waals surface area contributed by atoms with E-state index in [0.29, 0.717) is 23.3 Å². The van der Waals surface area contributed by atoms with Crippen molar-refractivity contribution in [2.75, 3.05) is 32.8 Å². The van der Waals surface area contributed by atoms with Gasteiger partial charge < -0.3 is 14.8 Å². The molecule has 6 heteroatoms. The summed E-state index contributed by atoms with van der Waals surface area (Å²) < 4.78 is 12.1. The topological polar surface area (TPSA) is 33.7 Å².